The lowest BCUT2D eigenvalue weighted by Crippen LogP contribution is -2.04. The number of nitrogens with zero attached hydrogens (tertiary/aromatic N) is 1. The molecule has 17 heavy (non-hydrogen) atoms. The summed E-state index contributed by atoms with van der Waals surface area (Å²) in [6, 6.07) is 9.92. The summed E-state index contributed by atoms with van der Waals surface area (Å²) in [4.78, 5) is 4.14. The number of benzene rings is 1. The number of pyridine rings is 1. The lowest BCUT2D eigenvalue weighted by Gasteiger charge is -2.09. The highest BCUT2D eigenvalue weighted by Crippen LogP contribution is 2.20. The number of halogens is 1. The number of ether oxygens (including phenoxy) is 1. The summed E-state index contributed by atoms with van der Waals surface area (Å²) in [5.74, 6) is 0.287. The van der Waals surface area contributed by atoms with Crippen molar-refractivity contribution >= 4 is 0 Å². The first-order chi connectivity index (χ1) is 8.29. The van der Waals surface area contributed by atoms with Gasteiger partial charge in [0.1, 0.15) is 18.2 Å². The van der Waals surface area contributed by atoms with Crippen molar-refractivity contribution in [1.82, 2.24) is 4.98 Å². The Hall–Kier alpha value is -1.94. The zero-order chi connectivity index (χ0) is 12.1. The van der Waals surface area contributed by atoms with Crippen molar-refractivity contribution in [2.75, 3.05) is 0 Å². The van der Waals surface area contributed by atoms with Crippen LogP contribution in [0.5, 0.6) is 5.75 Å². The molecule has 88 valence electrons. The van der Waals surface area contributed by atoms with Gasteiger partial charge in [0.05, 0.1) is 5.69 Å². The monoisotopic (exact) mass is 232 g/mol. The van der Waals surface area contributed by atoms with E-state index in [0.717, 1.165) is 5.69 Å². The lowest BCUT2D eigenvalue weighted by molar-refractivity contribution is 0.297. The second-order valence-corrected chi connectivity index (χ2v) is 3.57. The first-order valence-corrected chi connectivity index (χ1v) is 5.31. The summed E-state index contributed by atoms with van der Waals surface area (Å²) in [5.41, 5.74) is 7.00. The molecule has 2 aromatic rings. The zero-order valence-corrected chi connectivity index (χ0v) is 9.27. The molecule has 2 N–H and O–H groups in total. The second kappa shape index (κ2) is 5.41. The van der Waals surface area contributed by atoms with Gasteiger partial charge in [0, 0.05) is 18.3 Å². The molecule has 0 bridgehead atoms. The molecule has 0 aliphatic heterocycles. The van der Waals surface area contributed by atoms with Crippen LogP contribution in [0.2, 0.25) is 0 Å². The Bertz CT molecular complexity index is 488. The van der Waals surface area contributed by atoms with E-state index in [0.29, 0.717) is 17.9 Å². The maximum Gasteiger partial charge on any atom is 0.130 e. The van der Waals surface area contributed by atoms with Gasteiger partial charge in [-0.3, -0.25) is 4.98 Å². The molecule has 0 aliphatic carbocycles. The molecule has 0 fully saturated rings. The van der Waals surface area contributed by atoms with E-state index in [4.69, 9.17) is 10.5 Å². The van der Waals surface area contributed by atoms with Crippen LogP contribution in [0, 0.1) is 5.82 Å². The molecule has 1 heterocycles. The largest absolute Gasteiger partial charge is 0.487 e. The molecule has 1 aromatic carbocycles. The third-order valence-electron chi connectivity index (χ3n) is 2.34. The predicted octanol–water partition coefficient (Wildman–Crippen LogP) is 2.26. The number of hydrogen-bond donors (Lipinski definition) is 1. The molecule has 0 spiro atoms. The van der Waals surface area contributed by atoms with Crippen LogP contribution in [0.25, 0.3) is 0 Å². The minimum Gasteiger partial charge on any atom is -0.487 e. The van der Waals surface area contributed by atoms with Crippen LogP contribution in [0.1, 0.15) is 11.3 Å². The normalized spacial score (nSPS) is 10.2. The first kappa shape index (κ1) is 11.5. The highest BCUT2D eigenvalue weighted by Gasteiger charge is 2.04. The van der Waals surface area contributed by atoms with E-state index >= 15 is 0 Å². The van der Waals surface area contributed by atoms with Gasteiger partial charge in [0.2, 0.25) is 0 Å². The maximum absolute atomic E-state index is 13.0. The highest BCUT2D eigenvalue weighted by molar-refractivity contribution is 5.33. The van der Waals surface area contributed by atoms with Crippen molar-refractivity contribution < 1.29 is 9.13 Å². The maximum atomic E-state index is 13.0. The Morgan fingerprint density at radius 1 is 1.24 bits per heavy atom. The van der Waals surface area contributed by atoms with Crippen LogP contribution >= 0.6 is 0 Å². The quantitative estimate of drug-likeness (QED) is 0.879. The summed E-state index contributed by atoms with van der Waals surface area (Å²) in [5, 5.41) is 0. The number of aromatic nitrogens is 1. The first-order valence-electron chi connectivity index (χ1n) is 5.31. The Kier molecular flexibility index (Phi) is 3.67. The van der Waals surface area contributed by atoms with Crippen molar-refractivity contribution in [2.24, 2.45) is 5.73 Å². The Balaban J connectivity index is 2.09. The Morgan fingerprint density at radius 3 is 2.82 bits per heavy atom. The van der Waals surface area contributed by atoms with Crippen molar-refractivity contribution in [1.29, 1.82) is 0 Å². The third-order valence-corrected chi connectivity index (χ3v) is 2.34. The fourth-order valence-corrected chi connectivity index (χ4v) is 1.48. The van der Waals surface area contributed by atoms with Gasteiger partial charge in [0.25, 0.3) is 0 Å². The highest BCUT2D eigenvalue weighted by atomic mass is 19.1. The molecule has 4 heteroatoms. The SMILES string of the molecule is NCc1cc(F)ccc1OCc1ccccn1. The van der Waals surface area contributed by atoms with Gasteiger partial charge >= 0.3 is 0 Å². The number of rotatable bonds is 4. The predicted molar refractivity (Wildman–Crippen MR) is 62.9 cm³/mol. The smallest absolute Gasteiger partial charge is 0.130 e. The number of hydrogen-bond acceptors (Lipinski definition) is 3. The fraction of sp³-hybridized carbons (Fsp3) is 0.154. The molecule has 0 saturated heterocycles. The van der Waals surface area contributed by atoms with E-state index in [1.165, 1.54) is 12.1 Å². The van der Waals surface area contributed by atoms with E-state index in [9.17, 15) is 4.39 Å². The van der Waals surface area contributed by atoms with E-state index in [1.54, 1.807) is 12.3 Å². The molecule has 1 aromatic heterocycles. The Labute approximate surface area is 99.1 Å². The zero-order valence-electron chi connectivity index (χ0n) is 9.27. The minimum atomic E-state index is -0.310. The minimum absolute atomic E-state index is 0.245. The van der Waals surface area contributed by atoms with Gasteiger partial charge in [-0.1, -0.05) is 6.07 Å². The van der Waals surface area contributed by atoms with Crippen molar-refractivity contribution in [3.63, 3.8) is 0 Å². The molecule has 0 unspecified atom stereocenters. The molecule has 3 nitrogen and oxygen atoms in total. The molecular weight excluding hydrogens is 219 g/mol. The van der Waals surface area contributed by atoms with Gasteiger partial charge < -0.3 is 10.5 Å². The van der Waals surface area contributed by atoms with E-state index < -0.39 is 0 Å². The molecular formula is C13H13FN2O. The average molecular weight is 232 g/mol. The molecule has 0 radical (unpaired) electrons. The van der Waals surface area contributed by atoms with Crippen molar-refractivity contribution in [3.05, 3.63) is 59.7 Å². The standard InChI is InChI=1S/C13H13FN2O/c14-11-4-5-13(10(7-11)8-15)17-9-12-3-1-2-6-16-12/h1-7H,8-9,15H2. The summed E-state index contributed by atoms with van der Waals surface area (Å²) < 4.78 is 18.5. The van der Waals surface area contributed by atoms with Crippen molar-refractivity contribution in [3.8, 4) is 5.75 Å². The summed E-state index contributed by atoms with van der Waals surface area (Å²) in [7, 11) is 0. The fourth-order valence-electron chi connectivity index (χ4n) is 1.48. The van der Waals surface area contributed by atoms with Crippen molar-refractivity contribution in [2.45, 2.75) is 13.2 Å². The second-order valence-electron chi connectivity index (χ2n) is 3.57. The average Bonchev–Trinajstić information content (AvgIpc) is 2.38. The van der Waals surface area contributed by atoms with E-state index in [1.807, 2.05) is 18.2 Å². The van der Waals surface area contributed by atoms with Gasteiger partial charge in [-0.25, -0.2) is 4.39 Å². The molecule has 0 saturated carbocycles. The molecule has 0 amide bonds. The van der Waals surface area contributed by atoms with Crippen LogP contribution < -0.4 is 10.5 Å². The van der Waals surface area contributed by atoms with Crippen LogP contribution in [-0.4, -0.2) is 4.98 Å². The number of nitrogens with two attached hydrogens (primary N) is 1. The summed E-state index contributed by atoms with van der Waals surface area (Å²) in [6.07, 6.45) is 1.70. The van der Waals surface area contributed by atoms with Gasteiger partial charge in [-0.2, -0.15) is 0 Å². The van der Waals surface area contributed by atoms with Crippen LogP contribution in [-0.2, 0) is 13.2 Å². The molecule has 2 rings (SSSR count). The summed E-state index contributed by atoms with van der Waals surface area (Å²) >= 11 is 0. The topological polar surface area (TPSA) is 48.1 Å². The van der Waals surface area contributed by atoms with Crippen LogP contribution in [0.4, 0.5) is 4.39 Å². The van der Waals surface area contributed by atoms with Gasteiger partial charge in [-0.15, -0.1) is 0 Å². The lowest BCUT2D eigenvalue weighted by atomic mass is 10.2. The molecule has 0 aliphatic rings. The molecule has 0 atom stereocenters. The van der Waals surface area contributed by atoms with E-state index in [2.05, 4.69) is 4.98 Å². The van der Waals surface area contributed by atoms with Gasteiger partial charge in [-0.05, 0) is 30.3 Å². The van der Waals surface area contributed by atoms with Gasteiger partial charge in [0.15, 0.2) is 0 Å². The van der Waals surface area contributed by atoms with E-state index in [-0.39, 0.29) is 12.4 Å². The van der Waals surface area contributed by atoms with Crippen LogP contribution in [0.3, 0.4) is 0 Å². The van der Waals surface area contributed by atoms with Crippen LogP contribution in [0.15, 0.2) is 42.6 Å². The third kappa shape index (κ3) is 3.01. The Morgan fingerprint density at radius 2 is 2.12 bits per heavy atom. The summed E-state index contributed by atoms with van der Waals surface area (Å²) in [6.45, 7) is 0.592.